The van der Waals surface area contributed by atoms with Gasteiger partial charge in [0, 0.05) is 11.5 Å². The molecule has 4 rings (SSSR count). The Labute approximate surface area is 187 Å². The van der Waals surface area contributed by atoms with E-state index in [0.29, 0.717) is 17.1 Å². The van der Waals surface area contributed by atoms with Crippen LogP contribution in [0.4, 0.5) is 10.6 Å². The predicted octanol–water partition coefficient (Wildman–Crippen LogP) is 4.61. The summed E-state index contributed by atoms with van der Waals surface area (Å²) >= 11 is 0. The van der Waals surface area contributed by atoms with Gasteiger partial charge in [0.2, 0.25) is 0 Å². The third-order valence-electron chi connectivity index (χ3n) is 5.67. The minimum atomic E-state index is -0.896. The molecule has 0 spiro atoms. The average Bonchev–Trinajstić information content (AvgIpc) is 3.32. The zero-order chi connectivity index (χ0) is 22.9. The Bertz CT molecular complexity index is 1160. The molecule has 3 aromatic rings. The third-order valence-corrected chi connectivity index (χ3v) is 5.67. The summed E-state index contributed by atoms with van der Waals surface area (Å²) in [5.74, 6) is -0.362. The highest BCUT2D eigenvalue weighted by molar-refractivity contribution is 5.89. The molecule has 1 heterocycles. The van der Waals surface area contributed by atoms with Crippen molar-refractivity contribution in [2.75, 3.05) is 5.32 Å². The number of fused-ring (bicyclic) bond motifs is 1. The lowest BCUT2D eigenvalue weighted by Crippen LogP contribution is -2.32. The minimum Gasteiger partial charge on any atom is -0.481 e. The van der Waals surface area contributed by atoms with Crippen LogP contribution in [0.15, 0.2) is 54.6 Å². The quantitative estimate of drug-likeness (QED) is 0.549. The molecule has 0 aliphatic heterocycles. The van der Waals surface area contributed by atoms with Crippen LogP contribution >= 0.6 is 0 Å². The number of aryl methyl sites for hydroxylation is 1. The van der Waals surface area contributed by atoms with E-state index >= 15 is 0 Å². The number of amides is 2. The van der Waals surface area contributed by atoms with Gasteiger partial charge in [0.05, 0.1) is 23.8 Å². The van der Waals surface area contributed by atoms with Crippen LogP contribution in [0.25, 0.3) is 5.69 Å². The Morgan fingerprint density at radius 2 is 1.91 bits per heavy atom. The summed E-state index contributed by atoms with van der Waals surface area (Å²) in [4.78, 5) is 24.0. The molecule has 1 aliphatic rings. The molecule has 0 bridgehead atoms. The van der Waals surface area contributed by atoms with Crippen molar-refractivity contribution in [3.05, 3.63) is 77.0 Å². The van der Waals surface area contributed by atoms with Crippen molar-refractivity contribution < 1.29 is 14.7 Å². The molecule has 2 aromatic carbocycles. The normalized spacial score (nSPS) is 15.3. The number of anilines is 1. The fourth-order valence-electron chi connectivity index (χ4n) is 4.02. The van der Waals surface area contributed by atoms with Crippen LogP contribution in [0.1, 0.15) is 55.6 Å². The Kier molecular flexibility index (Phi) is 5.74. The van der Waals surface area contributed by atoms with Crippen molar-refractivity contribution >= 4 is 17.8 Å². The molecule has 3 N–H and O–H groups in total. The van der Waals surface area contributed by atoms with Crippen LogP contribution in [-0.2, 0) is 23.1 Å². The van der Waals surface area contributed by atoms with Crippen molar-refractivity contribution in [1.82, 2.24) is 15.1 Å². The summed E-state index contributed by atoms with van der Waals surface area (Å²) in [7, 11) is 0. The summed E-state index contributed by atoms with van der Waals surface area (Å²) in [6.45, 7) is 6.17. The number of rotatable bonds is 5. The number of carboxylic acid groups (broad SMARTS) is 1. The highest BCUT2D eigenvalue weighted by Gasteiger charge is 2.25. The zero-order valence-electron chi connectivity index (χ0n) is 18.6. The topological polar surface area (TPSA) is 96.2 Å². The maximum atomic E-state index is 12.9. The van der Waals surface area contributed by atoms with Gasteiger partial charge >= 0.3 is 12.0 Å². The maximum absolute atomic E-state index is 12.9. The molecule has 1 aromatic heterocycles. The van der Waals surface area contributed by atoms with E-state index in [1.165, 1.54) is 5.56 Å². The SMILES string of the molecule is CC(C)(C)c1cc(NC(=O)N[C@H]2CCc3ccccc32)n(-c2cccc(CC(=O)O)c2)n1. The molecule has 2 amide bonds. The summed E-state index contributed by atoms with van der Waals surface area (Å²) in [5.41, 5.74) is 4.39. The zero-order valence-corrected chi connectivity index (χ0v) is 18.6. The Morgan fingerprint density at radius 3 is 2.66 bits per heavy atom. The Hall–Kier alpha value is -3.61. The molecule has 0 fully saturated rings. The highest BCUT2D eigenvalue weighted by Crippen LogP contribution is 2.31. The molecule has 1 aliphatic carbocycles. The first-order valence-electron chi connectivity index (χ1n) is 10.8. The monoisotopic (exact) mass is 432 g/mol. The second kappa shape index (κ2) is 8.49. The number of hydrogen-bond donors (Lipinski definition) is 3. The lowest BCUT2D eigenvalue weighted by atomic mass is 9.92. The second-order valence-corrected chi connectivity index (χ2v) is 9.21. The van der Waals surface area contributed by atoms with E-state index in [1.54, 1.807) is 22.9 Å². The van der Waals surface area contributed by atoms with Gasteiger partial charge in [0.15, 0.2) is 0 Å². The van der Waals surface area contributed by atoms with E-state index in [4.69, 9.17) is 10.2 Å². The predicted molar refractivity (Wildman–Crippen MR) is 123 cm³/mol. The van der Waals surface area contributed by atoms with Crippen LogP contribution in [-0.4, -0.2) is 26.9 Å². The van der Waals surface area contributed by atoms with Gasteiger partial charge in [-0.15, -0.1) is 0 Å². The molecule has 0 unspecified atom stereocenters. The average molecular weight is 433 g/mol. The molecule has 166 valence electrons. The second-order valence-electron chi connectivity index (χ2n) is 9.21. The molecule has 1 atom stereocenters. The Morgan fingerprint density at radius 1 is 1.12 bits per heavy atom. The molecular weight excluding hydrogens is 404 g/mol. The summed E-state index contributed by atoms with van der Waals surface area (Å²) in [6.07, 6.45) is 1.74. The van der Waals surface area contributed by atoms with Gasteiger partial charge in [-0.25, -0.2) is 9.48 Å². The van der Waals surface area contributed by atoms with E-state index in [0.717, 1.165) is 24.1 Å². The molecule has 7 heteroatoms. The van der Waals surface area contributed by atoms with Crippen LogP contribution < -0.4 is 10.6 Å². The number of hydrogen-bond acceptors (Lipinski definition) is 3. The van der Waals surface area contributed by atoms with E-state index in [2.05, 4.69) is 43.5 Å². The first-order chi connectivity index (χ1) is 15.2. The van der Waals surface area contributed by atoms with E-state index < -0.39 is 5.97 Å². The van der Waals surface area contributed by atoms with E-state index in [9.17, 15) is 9.59 Å². The van der Waals surface area contributed by atoms with Gasteiger partial charge in [0.1, 0.15) is 5.82 Å². The van der Waals surface area contributed by atoms with Gasteiger partial charge in [-0.1, -0.05) is 57.2 Å². The largest absolute Gasteiger partial charge is 0.481 e. The fraction of sp³-hybridized carbons (Fsp3) is 0.320. The number of carbonyl (C=O) groups is 2. The van der Waals surface area contributed by atoms with Crippen LogP contribution in [0.5, 0.6) is 0 Å². The van der Waals surface area contributed by atoms with Crippen LogP contribution in [0.2, 0.25) is 0 Å². The van der Waals surface area contributed by atoms with Crippen molar-refractivity contribution in [3.63, 3.8) is 0 Å². The van der Waals surface area contributed by atoms with Crippen molar-refractivity contribution in [1.29, 1.82) is 0 Å². The van der Waals surface area contributed by atoms with Crippen molar-refractivity contribution in [3.8, 4) is 5.69 Å². The van der Waals surface area contributed by atoms with Crippen LogP contribution in [0, 0.1) is 0 Å². The summed E-state index contributed by atoms with van der Waals surface area (Å²) in [6, 6.07) is 16.9. The maximum Gasteiger partial charge on any atom is 0.320 e. The number of nitrogens with zero attached hydrogens (tertiary/aromatic N) is 2. The number of aromatic nitrogens is 2. The molecular formula is C25H28N4O3. The number of aliphatic carboxylic acids is 1. The van der Waals surface area contributed by atoms with Gasteiger partial charge in [-0.2, -0.15) is 5.10 Å². The number of urea groups is 1. The number of carboxylic acids is 1. The summed E-state index contributed by atoms with van der Waals surface area (Å²) < 4.78 is 1.66. The minimum absolute atomic E-state index is 0.0245. The number of carbonyl (C=O) groups excluding carboxylic acids is 1. The molecule has 7 nitrogen and oxygen atoms in total. The van der Waals surface area contributed by atoms with Gasteiger partial charge in [-0.3, -0.25) is 10.1 Å². The number of benzene rings is 2. The standard InChI is InChI=1S/C25H28N4O3/c1-25(2,3)21-15-22(29(28-21)18-9-6-7-16(13-18)14-23(30)31)27-24(32)26-20-12-11-17-8-4-5-10-19(17)20/h4-10,13,15,20H,11-12,14H2,1-3H3,(H,30,31)(H2,26,27,32)/t20-/m0/s1. The van der Waals surface area contributed by atoms with E-state index in [-0.39, 0.29) is 23.9 Å². The van der Waals surface area contributed by atoms with Gasteiger partial charge < -0.3 is 10.4 Å². The Balaban J connectivity index is 1.60. The molecule has 0 saturated carbocycles. The molecule has 32 heavy (non-hydrogen) atoms. The number of nitrogens with one attached hydrogen (secondary N) is 2. The summed E-state index contributed by atoms with van der Waals surface area (Å²) in [5, 5.41) is 19.9. The molecule has 0 radical (unpaired) electrons. The molecule has 0 saturated heterocycles. The lowest BCUT2D eigenvalue weighted by Gasteiger charge is -2.15. The van der Waals surface area contributed by atoms with Crippen molar-refractivity contribution in [2.45, 2.75) is 51.5 Å². The van der Waals surface area contributed by atoms with Crippen molar-refractivity contribution in [2.24, 2.45) is 0 Å². The van der Waals surface area contributed by atoms with E-state index in [1.807, 2.05) is 24.3 Å². The van der Waals surface area contributed by atoms with Gasteiger partial charge in [0.25, 0.3) is 0 Å². The highest BCUT2D eigenvalue weighted by atomic mass is 16.4. The third kappa shape index (κ3) is 4.66. The van der Waals surface area contributed by atoms with Crippen LogP contribution in [0.3, 0.4) is 0 Å². The first-order valence-corrected chi connectivity index (χ1v) is 10.8. The van der Waals surface area contributed by atoms with Gasteiger partial charge in [-0.05, 0) is 41.7 Å². The first kappa shape index (κ1) is 21.6. The lowest BCUT2D eigenvalue weighted by molar-refractivity contribution is -0.136. The smallest absolute Gasteiger partial charge is 0.320 e. The fourth-order valence-corrected chi connectivity index (χ4v) is 4.02.